The van der Waals surface area contributed by atoms with Crippen molar-refractivity contribution in [3.05, 3.63) is 29.8 Å². The van der Waals surface area contributed by atoms with Crippen LogP contribution in [0.1, 0.15) is 52.1 Å². The van der Waals surface area contributed by atoms with Gasteiger partial charge in [-0.25, -0.2) is 0 Å². The lowest BCUT2D eigenvalue weighted by atomic mass is 10.1. The molecule has 112 valence electrons. The van der Waals surface area contributed by atoms with Gasteiger partial charge in [-0.05, 0) is 33.3 Å². The van der Waals surface area contributed by atoms with Gasteiger partial charge in [-0.2, -0.15) is 0 Å². The van der Waals surface area contributed by atoms with Crippen LogP contribution in [0.25, 0.3) is 0 Å². The van der Waals surface area contributed by atoms with Crippen LogP contribution in [0.4, 0.5) is 0 Å². The zero-order chi connectivity index (χ0) is 15.1. The van der Waals surface area contributed by atoms with E-state index in [1.165, 1.54) is 0 Å². The highest BCUT2D eigenvalue weighted by molar-refractivity contribution is 5.81. The molecule has 0 heterocycles. The molecule has 1 unspecified atom stereocenters. The van der Waals surface area contributed by atoms with Gasteiger partial charge < -0.3 is 15.8 Å². The van der Waals surface area contributed by atoms with Gasteiger partial charge in [-0.1, -0.05) is 31.5 Å². The molecular formula is C16H26N2O2. The van der Waals surface area contributed by atoms with Crippen molar-refractivity contribution in [1.82, 2.24) is 5.32 Å². The lowest BCUT2D eigenvalue weighted by Gasteiger charge is -2.21. The molecule has 4 nitrogen and oxygen atoms in total. The van der Waals surface area contributed by atoms with Crippen LogP contribution >= 0.6 is 0 Å². The van der Waals surface area contributed by atoms with Crippen molar-refractivity contribution >= 4 is 5.91 Å². The second-order valence-electron chi connectivity index (χ2n) is 5.33. The van der Waals surface area contributed by atoms with E-state index in [1.54, 1.807) is 0 Å². The summed E-state index contributed by atoms with van der Waals surface area (Å²) in [6.45, 7) is 7.93. The van der Waals surface area contributed by atoms with Crippen molar-refractivity contribution < 1.29 is 9.53 Å². The first kappa shape index (κ1) is 16.5. The number of amides is 1. The number of hydrogen-bond acceptors (Lipinski definition) is 3. The van der Waals surface area contributed by atoms with Crippen molar-refractivity contribution in [2.24, 2.45) is 5.73 Å². The second-order valence-corrected chi connectivity index (χ2v) is 5.33. The standard InChI is InChI=1S/C16H26N2O2/c1-5-8-14(17)16(19)18-12(4)13-9-6-7-10-15(13)20-11(2)3/h6-7,9-12,14H,5,8,17H2,1-4H3,(H,18,19)/t12?,14-/m0/s1. The number of carbonyl (C=O) groups excluding carboxylic acids is 1. The maximum atomic E-state index is 12.0. The summed E-state index contributed by atoms with van der Waals surface area (Å²) < 4.78 is 5.77. The average Bonchev–Trinajstić information content (AvgIpc) is 2.38. The van der Waals surface area contributed by atoms with E-state index in [9.17, 15) is 4.79 Å². The molecule has 4 heteroatoms. The van der Waals surface area contributed by atoms with E-state index in [4.69, 9.17) is 10.5 Å². The third-order valence-electron chi connectivity index (χ3n) is 3.04. The number of hydrogen-bond donors (Lipinski definition) is 2. The third-order valence-corrected chi connectivity index (χ3v) is 3.04. The number of nitrogens with one attached hydrogen (secondary N) is 1. The van der Waals surface area contributed by atoms with Crippen LogP contribution in [0.2, 0.25) is 0 Å². The summed E-state index contributed by atoms with van der Waals surface area (Å²) in [6, 6.07) is 7.19. The van der Waals surface area contributed by atoms with Gasteiger partial charge in [0.05, 0.1) is 18.2 Å². The summed E-state index contributed by atoms with van der Waals surface area (Å²) in [7, 11) is 0. The topological polar surface area (TPSA) is 64.4 Å². The summed E-state index contributed by atoms with van der Waals surface area (Å²) in [5, 5.41) is 2.95. The largest absolute Gasteiger partial charge is 0.491 e. The van der Waals surface area contributed by atoms with Gasteiger partial charge in [0.25, 0.3) is 0 Å². The first-order chi connectivity index (χ1) is 9.45. The summed E-state index contributed by atoms with van der Waals surface area (Å²) in [6.07, 6.45) is 1.69. The smallest absolute Gasteiger partial charge is 0.237 e. The van der Waals surface area contributed by atoms with E-state index < -0.39 is 6.04 Å². The van der Waals surface area contributed by atoms with Crippen LogP contribution < -0.4 is 15.8 Å². The second kappa shape index (κ2) is 7.90. The molecule has 0 saturated heterocycles. The van der Waals surface area contributed by atoms with Gasteiger partial charge in [-0.3, -0.25) is 4.79 Å². The minimum atomic E-state index is -0.444. The average molecular weight is 278 g/mol. The van der Waals surface area contributed by atoms with E-state index in [1.807, 2.05) is 52.0 Å². The number of benzene rings is 1. The quantitative estimate of drug-likeness (QED) is 0.806. The molecule has 3 N–H and O–H groups in total. The predicted octanol–water partition coefficient (Wildman–Crippen LogP) is 2.78. The van der Waals surface area contributed by atoms with Crippen LogP contribution in [0.3, 0.4) is 0 Å². The van der Waals surface area contributed by atoms with E-state index >= 15 is 0 Å². The molecule has 0 fully saturated rings. The van der Waals surface area contributed by atoms with Gasteiger partial charge >= 0.3 is 0 Å². The third kappa shape index (κ3) is 4.85. The first-order valence-corrected chi connectivity index (χ1v) is 7.27. The molecule has 2 atom stereocenters. The number of rotatable bonds is 7. The van der Waals surface area contributed by atoms with Gasteiger partial charge in [0.2, 0.25) is 5.91 Å². The van der Waals surface area contributed by atoms with E-state index in [0.29, 0.717) is 6.42 Å². The Labute approximate surface area is 121 Å². The molecule has 1 amide bonds. The predicted molar refractivity (Wildman–Crippen MR) is 81.6 cm³/mol. The van der Waals surface area contributed by atoms with Crippen molar-refractivity contribution in [3.63, 3.8) is 0 Å². The molecule has 0 aliphatic carbocycles. The van der Waals surface area contributed by atoms with Crippen LogP contribution in [0.5, 0.6) is 5.75 Å². The summed E-state index contributed by atoms with van der Waals surface area (Å²) in [5.74, 6) is 0.693. The SMILES string of the molecule is CCC[C@H](N)C(=O)NC(C)c1ccccc1OC(C)C. The van der Waals surface area contributed by atoms with Gasteiger partial charge in [0.15, 0.2) is 0 Å². The number of nitrogens with two attached hydrogens (primary N) is 1. The summed E-state index contributed by atoms with van der Waals surface area (Å²) in [4.78, 5) is 12.0. The zero-order valence-corrected chi connectivity index (χ0v) is 12.8. The highest BCUT2D eigenvalue weighted by atomic mass is 16.5. The highest BCUT2D eigenvalue weighted by Crippen LogP contribution is 2.25. The van der Waals surface area contributed by atoms with Crippen LogP contribution in [-0.4, -0.2) is 18.1 Å². The molecule has 0 saturated carbocycles. The molecule has 0 aromatic heterocycles. The number of para-hydroxylation sites is 1. The molecule has 0 spiro atoms. The van der Waals surface area contributed by atoms with E-state index in [2.05, 4.69) is 5.32 Å². The summed E-state index contributed by atoms with van der Waals surface area (Å²) in [5.41, 5.74) is 6.80. The maximum Gasteiger partial charge on any atom is 0.237 e. The Kier molecular flexibility index (Phi) is 6.52. The lowest BCUT2D eigenvalue weighted by Crippen LogP contribution is -2.41. The molecule has 20 heavy (non-hydrogen) atoms. The minimum absolute atomic E-state index is 0.0985. The summed E-state index contributed by atoms with van der Waals surface area (Å²) >= 11 is 0. The van der Waals surface area contributed by atoms with Gasteiger partial charge in [-0.15, -0.1) is 0 Å². The van der Waals surface area contributed by atoms with Crippen molar-refractivity contribution in [2.45, 2.75) is 58.7 Å². The van der Waals surface area contributed by atoms with Crippen molar-refractivity contribution in [2.75, 3.05) is 0 Å². The lowest BCUT2D eigenvalue weighted by molar-refractivity contribution is -0.123. The maximum absolute atomic E-state index is 12.0. The molecule has 1 rings (SSSR count). The Morgan fingerprint density at radius 2 is 1.95 bits per heavy atom. The fraction of sp³-hybridized carbons (Fsp3) is 0.562. The molecule has 0 aliphatic rings. The number of carbonyl (C=O) groups is 1. The monoisotopic (exact) mass is 278 g/mol. The highest BCUT2D eigenvalue weighted by Gasteiger charge is 2.18. The molecule has 0 aliphatic heterocycles. The van der Waals surface area contributed by atoms with Crippen LogP contribution in [0, 0.1) is 0 Å². The molecule has 1 aromatic rings. The zero-order valence-electron chi connectivity index (χ0n) is 12.8. The van der Waals surface area contributed by atoms with Crippen LogP contribution in [0.15, 0.2) is 24.3 Å². The fourth-order valence-corrected chi connectivity index (χ4v) is 2.04. The minimum Gasteiger partial charge on any atom is -0.491 e. The van der Waals surface area contributed by atoms with E-state index in [-0.39, 0.29) is 18.1 Å². The van der Waals surface area contributed by atoms with Crippen molar-refractivity contribution in [1.29, 1.82) is 0 Å². The fourth-order valence-electron chi connectivity index (χ4n) is 2.04. The first-order valence-electron chi connectivity index (χ1n) is 7.27. The Morgan fingerprint density at radius 3 is 2.55 bits per heavy atom. The molecular weight excluding hydrogens is 252 g/mol. The number of ether oxygens (including phenoxy) is 1. The Bertz CT molecular complexity index is 432. The van der Waals surface area contributed by atoms with E-state index in [0.717, 1.165) is 17.7 Å². The Balaban J connectivity index is 2.76. The van der Waals surface area contributed by atoms with Crippen molar-refractivity contribution in [3.8, 4) is 5.75 Å². The van der Waals surface area contributed by atoms with Gasteiger partial charge in [0.1, 0.15) is 5.75 Å². The molecule has 0 bridgehead atoms. The normalized spacial score (nSPS) is 13.9. The Hall–Kier alpha value is -1.55. The molecule has 1 aromatic carbocycles. The molecule has 0 radical (unpaired) electrons. The van der Waals surface area contributed by atoms with Crippen LogP contribution in [-0.2, 0) is 4.79 Å². The Morgan fingerprint density at radius 1 is 1.30 bits per heavy atom. The van der Waals surface area contributed by atoms with Gasteiger partial charge in [0, 0.05) is 5.56 Å².